The Balaban J connectivity index is 2.74. The molecule has 78 valence electrons. The summed E-state index contributed by atoms with van der Waals surface area (Å²) in [6, 6.07) is 11.4. The third-order valence-corrected chi connectivity index (χ3v) is 3.00. The minimum Gasteiger partial charge on any atom is -0.387 e. The molecule has 2 aromatic rings. The Labute approximate surface area is 98.2 Å². The van der Waals surface area contributed by atoms with Crippen LogP contribution in [0.4, 0.5) is 0 Å². The summed E-state index contributed by atoms with van der Waals surface area (Å²) in [6.07, 6.45) is -0.671. The highest BCUT2D eigenvalue weighted by molar-refractivity contribution is 6.35. The van der Waals surface area contributed by atoms with Crippen LogP contribution in [0.2, 0.25) is 5.02 Å². The van der Waals surface area contributed by atoms with Gasteiger partial charge in [-0.05, 0) is 17.0 Å². The van der Waals surface area contributed by atoms with Crippen LogP contribution in [0.15, 0.2) is 36.4 Å². The molecule has 1 atom stereocenters. The number of halogens is 2. The molecular formula is C12H10Cl2O. The van der Waals surface area contributed by atoms with E-state index in [1.54, 1.807) is 0 Å². The second-order valence-corrected chi connectivity index (χ2v) is 4.07. The van der Waals surface area contributed by atoms with Gasteiger partial charge in [0.25, 0.3) is 0 Å². The zero-order chi connectivity index (χ0) is 10.8. The van der Waals surface area contributed by atoms with Gasteiger partial charge >= 0.3 is 0 Å². The van der Waals surface area contributed by atoms with Gasteiger partial charge in [0.1, 0.15) is 0 Å². The first-order chi connectivity index (χ1) is 7.24. The molecule has 0 radical (unpaired) electrons. The second-order valence-electron chi connectivity index (χ2n) is 3.36. The van der Waals surface area contributed by atoms with E-state index in [0.717, 1.165) is 16.3 Å². The van der Waals surface area contributed by atoms with Crippen molar-refractivity contribution in [2.24, 2.45) is 0 Å². The molecule has 0 aliphatic carbocycles. The maximum Gasteiger partial charge on any atom is 0.0931 e. The number of rotatable bonds is 2. The van der Waals surface area contributed by atoms with Gasteiger partial charge in [-0.3, -0.25) is 0 Å². The monoisotopic (exact) mass is 240 g/mol. The minimum absolute atomic E-state index is 0.171. The fraction of sp³-hybridized carbons (Fsp3) is 0.167. The molecule has 0 aliphatic heterocycles. The third kappa shape index (κ3) is 1.96. The molecule has 15 heavy (non-hydrogen) atoms. The molecule has 3 heteroatoms. The molecule has 0 fully saturated rings. The van der Waals surface area contributed by atoms with E-state index in [4.69, 9.17) is 23.2 Å². The summed E-state index contributed by atoms with van der Waals surface area (Å²) in [5.41, 5.74) is 0.785. The summed E-state index contributed by atoms with van der Waals surface area (Å²) in [5, 5.41) is 12.3. The van der Waals surface area contributed by atoms with Crippen LogP contribution in [0.25, 0.3) is 10.8 Å². The van der Waals surface area contributed by atoms with E-state index in [0.29, 0.717) is 5.02 Å². The normalized spacial score (nSPS) is 13.0. The van der Waals surface area contributed by atoms with E-state index in [1.165, 1.54) is 0 Å². The Morgan fingerprint density at radius 2 is 1.80 bits per heavy atom. The first-order valence-electron chi connectivity index (χ1n) is 4.65. The summed E-state index contributed by atoms with van der Waals surface area (Å²) in [6.45, 7) is 0. The number of alkyl halides is 1. The molecule has 0 heterocycles. The molecule has 1 N–H and O–H groups in total. The van der Waals surface area contributed by atoms with Crippen molar-refractivity contribution in [2.75, 3.05) is 5.88 Å². The number of hydrogen-bond donors (Lipinski definition) is 1. The average Bonchev–Trinajstić information content (AvgIpc) is 2.28. The molecule has 0 spiro atoms. The van der Waals surface area contributed by atoms with E-state index < -0.39 is 6.10 Å². The molecule has 2 aromatic carbocycles. The molecule has 0 bridgehead atoms. The minimum atomic E-state index is -0.671. The van der Waals surface area contributed by atoms with E-state index >= 15 is 0 Å². The first-order valence-corrected chi connectivity index (χ1v) is 5.56. The molecular weight excluding hydrogens is 231 g/mol. The van der Waals surface area contributed by atoms with Crippen molar-refractivity contribution < 1.29 is 5.11 Å². The molecule has 0 aliphatic rings. The number of hydrogen-bond acceptors (Lipinski definition) is 1. The summed E-state index contributed by atoms with van der Waals surface area (Å²) in [7, 11) is 0. The molecule has 0 aromatic heterocycles. The topological polar surface area (TPSA) is 20.2 Å². The van der Waals surface area contributed by atoms with Crippen LogP contribution in [-0.2, 0) is 0 Å². The Bertz CT molecular complexity index is 477. The number of benzene rings is 2. The Hall–Kier alpha value is -0.760. The zero-order valence-electron chi connectivity index (χ0n) is 7.95. The lowest BCUT2D eigenvalue weighted by Crippen LogP contribution is -1.99. The molecule has 1 nitrogen and oxygen atoms in total. The van der Waals surface area contributed by atoms with Gasteiger partial charge in [-0.1, -0.05) is 41.9 Å². The SMILES string of the molecule is OC(CCl)c1cccc2cccc(Cl)c12. The van der Waals surface area contributed by atoms with Crippen LogP contribution in [0.5, 0.6) is 0 Å². The van der Waals surface area contributed by atoms with Crippen LogP contribution in [-0.4, -0.2) is 11.0 Å². The Morgan fingerprint density at radius 1 is 1.13 bits per heavy atom. The van der Waals surface area contributed by atoms with Gasteiger partial charge in [0, 0.05) is 10.4 Å². The van der Waals surface area contributed by atoms with Crippen molar-refractivity contribution in [1.82, 2.24) is 0 Å². The van der Waals surface area contributed by atoms with Crippen molar-refractivity contribution >= 4 is 34.0 Å². The lowest BCUT2D eigenvalue weighted by atomic mass is 10.0. The van der Waals surface area contributed by atoms with Gasteiger partial charge in [-0.15, -0.1) is 11.6 Å². The van der Waals surface area contributed by atoms with Crippen LogP contribution in [0.3, 0.4) is 0 Å². The molecule has 0 saturated heterocycles. The van der Waals surface area contributed by atoms with Crippen molar-refractivity contribution in [1.29, 1.82) is 0 Å². The molecule has 0 amide bonds. The average molecular weight is 241 g/mol. The molecule has 2 rings (SSSR count). The number of aliphatic hydroxyl groups is 1. The summed E-state index contributed by atoms with van der Waals surface area (Å²) in [4.78, 5) is 0. The number of aliphatic hydroxyl groups excluding tert-OH is 1. The second kappa shape index (κ2) is 4.40. The first kappa shape index (κ1) is 10.7. The standard InChI is InChI=1S/C12H10Cl2O/c13-7-11(15)9-5-1-3-8-4-2-6-10(14)12(8)9/h1-6,11,15H,7H2. The summed E-state index contributed by atoms with van der Waals surface area (Å²) < 4.78 is 0. The van der Waals surface area contributed by atoms with Crippen LogP contribution >= 0.6 is 23.2 Å². The maximum atomic E-state index is 9.76. The smallest absolute Gasteiger partial charge is 0.0931 e. The van der Waals surface area contributed by atoms with Gasteiger partial charge in [-0.25, -0.2) is 0 Å². The maximum absolute atomic E-state index is 9.76. The van der Waals surface area contributed by atoms with Crippen LogP contribution < -0.4 is 0 Å². The van der Waals surface area contributed by atoms with Gasteiger partial charge in [-0.2, -0.15) is 0 Å². The fourth-order valence-electron chi connectivity index (χ4n) is 1.68. The highest BCUT2D eigenvalue weighted by atomic mass is 35.5. The van der Waals surface area contributed by atoms with Gasteiger partial charge < -0.3 is 5.11 Å². The Kier molecular flexibility index (Phi) is 3.15. The zero-order valence-corrected chi connectivity index (χ0v) is 9.46. The predicted octanol–water partition coefficient (Wildman–Crippen LogP) is 3.77. The Morgan fingerprint density at radius 3 is 2.47 bits per heavy atom. The highest BCUT2D eigenvalue weighted by Gasteiger charge is 2.11. The van der Waals surface area contributed by atoms with Crippen molar-refractivity contribution in [3.8, 4) is 0 Å². The summed E-state index contributed by atoms with van der Waals surface area (Å²) >= 11 is 11.8. The van der Waals surface area contributed by atoms with Gasteiger partial charge in [0.05, 0.1) is 12.0 Å². The quantitative estimate of drug-likeness (QED) is 0.793. The molecule has 0 saturated carbocycles. The van der Waals surface area contributed by atoms with E-state index in [9.17, 15) is 5.11 Å². The predicted molar refractivity (Wildman–Crippen MR) is 64.6 cm³/mol. The third-order valence-electron chi connectivity index (χ3n) is 2.39. The van der Waals surface area contributed by atoms with E-state index in [1.807, 2.05) is 36.4 Å². The van der Waals surface area contributed by atoms with E-state index in [-0.39, 0.29) is 5.88 Å². The number of fused-ring (bicyclic) bond motifs is 1. The lowest BCUT2D eigenvalue weighted by molar-refractivity contribution is 0.204. The van der Waals surface area contributed by atoms with Crippen molar-refractivity contribution in [3.05, 3.63) is 47.0 Å². The fourth-order valence-corrected chi connectivity index (χ4v) is 2.14. The van der Waals surface area contributed by atoms with Gasteiger partial charge in [0.2, 0.25) is 0 Å². The van der Waals surface area contributed by atoms with Crippen LogP contribution in [0.1, 0.15) is 11.7 Å². The largest absolute Gasteiger partial charge is 0.387 e. The van der Waals surface area contributed by atoms with Crippen molar-refractivity contribution in [3.63, 3.8) is 0 Å². The summed E-state index contributed by atoms with van der Waals surface area (Å²) in [5.74, 6) is 0.171. The van der Waals surface area contributed by atoms with E-state index in [2.05, 4.69) is 0 Å². The molecule has 1 unspecified atom stereocenters. The highest BCUT2D eigenvalue weighted by Crippen LogP contribution is 2.30. The van der Waals surface area contributed by atoms with Gasteiger partial charge in [0.15, 0.2) is 0 Å². The van der Waals surface area contributed by atoms with Crippen molar-refractivity contribution in [2.45, 2.75) is 6.10 Å². The van der Waals surface area contributed by atoms with Crippen LogP contribution in [0, 0.1) is 0 Å². The lowest BCUT2D eigenvalue weighted by Gasteiger charge is -2.11.